The van der Waals surface area contributed by atoms with Crippen molar-refractivity contribution in [1.29, 1.82) is 0 Å². The molecule has 2 unspecified atom stereocenters. The molecule has 4 rings (SSSR count). The van der Waals surface area contributed by atoms with Crippen LogP contribution in [0.15, 0.2) is 107 Å². The van der Waals surface area contributed by atoms with E-state index in [2.05, 4.69) is 9.98 Å². The van der Waals surface area contributed by atoms with Gasteiger partial charge < -0.3 is 29.9 Å². The standard InChI is InChI=1S/2C17H17NO4.Co/c2*1-22-17(21)15(10-12-6-8-14(19)9-7-12)18-11-13-4-2-3-5-16(13)20;/h2*2-9,11,15,19-20H,10H2,1H3;. The Morgan fingerprint density at radius 2 is 0.933 bits per heavy atom. The minimum absolute atomic E-state index is 0. The molecule has 45 heavy (non-hydrogen) atoms. The Hall–Kier alpha value is -5.13. The number of rotatable bonds is 10. The molecule has 2 atom stereocenters. The van der Waals surface area contributed by atoms with Gasteiger partial charge in [0.25, 0.3) is 0 Å². The van der Waals surface area contributed by atoms with Gasteiger partial charge in [0.05, 0.1) is 14.2 Å². The van der Waals surface area contributed by atoms with Crippen molar-refractivity contribution >= 4 is 24.4 Å². The minimum Gasteiger partial charge on any atom is -0.508 e. The molecule has 4 N–H and O–H groups in total. The predicted octanol–water partition coefficient (Wildman–Crippen LogP) is 4.60. The number of methoxy groups -OCH3 is 2. The molecule has 237 valence electrons. The van der Waals surface area contributed by atoms with Crippen LogP contribution in [0, 0.1) is 0 Å². The number of carbonyl (C=O) groups excluding carboxylic acids is 2. The molecule has 0 aliphatic rings. The van der Waals surface area contributed by atoms with E-state index in [4.69, 9.17) is 9.47 Å². The van der Waals surface area contributed by atoms with Crippen molar-refractivity contribution in [3.05, 3.63) is 119 Å². The number of para-hydroxylation sites is 2. The van der Waals surface area contributed by atoms with Crippen molar-refractivity contribution in [2.75, 3.05) is 14.2 Å². The maximum Gasteiger partial charge on any atom is 0.330 e. The summed E-state index contributed by atoms with van der Waals surface area (Å²) in [5, 5.41) is 38.0. The summed E-state index contributed by atoms with van der Waals surface area (Å²) in [4.78, 5) is 32.1. The second kappa shape index (κ2) is 18.5. The molecule has 4 aromatic rings. The number of hydrogen-bond acceptors (Lipinski definition) is 10. The van der Waals surface area contributed by atoms with Gasteiger partial charge >= 0.3 is 11.9 Å². The number of ether oxygens (including phenoxy) is 2. The van der Waals surface area contributed by atoms with Crippen LogP contribution in [-0.2, 0) is 48.7 Å². The smallest absolute Gasteiger partial charge is 0.330 e. The molecule has 11 heteroatoms. The van der Waals surface area contributed by atoms with Gasteiger partial charge in [-0.05, 0) is 59.7 Å². The van der Waals surface area contributed by atoms with Crippen LogP contribution in [0.3, 0.4) is 0 Å². The fourth-order valence-corrected chi connectivity index (χ4v) is 3.91. The van der Waals surface area contributed by atoms with E-state index >= 15 is 0 Å². The number of aliphatic imine (C=N–C) groups is 2. The van der Waals surface area contributed by atoms with Gasteiger partial charge in [0, 0.05) is 53.2 Å². The fraction of sp³-hybridized carbons (Fsp3) is 0.176. The van der Waals surface area contributed by atoms with Gasteiger partial charge in [0.2, 0.25) is 0 Å². The van der Waals surface area contributed by atoms with Crippen LogP contribution in [0.4, 0.5) is 0 Å². The third-order valence-corrected chi connectivity index (χ3v) is 6.34. The van der Waals surface area contributed by atoms with E-state index in [1.54, 1.807) is 97.1 Å². The first-order valence-corrected chi connectivity index (χ1v) is 13.5. The molecule has 0 aromatic heterocycles. The topological polar surface area (TPSA) is 158 Å². The molecule has 0 saturated heterocycles. The molecule has 0 aliphatic carbocycles. The van der Waals surface area contributed by atoms with E-state index in [9.17, 15) is 30.0 Å². The van der Waals surface area contributed by atoms with Crippen LogP contribution < -0.4 is 0 Å². The van der Waals surface area contributed by atoms with Gasteiger partial charge in [-0.1, -0.05) is 48.5 Å². The largest absolute Gasteiger partial charge is 0.508 e. The molecule has 10 nitrogen and oxygen atoms in total. The molecular formula is C34H34CoN2O8. The Labute approximate surface area is 271 Å². The maximum absolute atomic E-state index is 11.8. The Morgan fingerprint density at radius 3 is 1.24 bits per heavy atom. The Morgan fingerprint density at radius 1 is 0.600 bits per heavy atom. The van der Waals surface area contributed by atoms with Crippen molar-refractivity contribution in [2.45, 2.75) is 24.9 Å². The number of hydrogen-bond donors (Lipinski definition) is 4. The van der Waals surface area contributed by atoms with Crippen molar-refractivity contribution < 1.29 is 56.3 Å². The molecule has 0 saturated carbocycles. The van der Waals surface area contributed by atoms with Gasteiger partial charge in [0.15, 0.2) is 12.1 Å². The van der Waals surface area contributed by atoms with Crippen molar-refractivity contribution in [3.63, 3.8) is 0 Å². The molecule has 0 amide bonds. The molecule has 0 spiro atoms. The average molecular weight is 658 g/mol. The molecule has 0 heterocycles. The number of phenols is 4. The first-order chi connectivity index (χ1) is 21.2. The van der Waals surface area contributed by atoms with Crippen LogP contribution in [0.1, 0.15) is 22.3 Å². The van der Waals surface area contributed by atoms with Crippen LogP contribution in [0.25, 0.3) is 0 Å². The van der Waals surface area contributed by atoms with Gasteiger partial charge in [-0.15, -0.1) is 0 Å². The zero-order valence-electron chi connectivity index (χ0n) is 24.6. The van der Waals surface area contributed by atoms with Crippen molar-refractivity contribution in [2.24, 2.45) is 9.98 Å². The number of phenolic OH excluding ortho intramolecular Hbond substituents is 4. The Balaban J connectivity index is 0.000000307. The van der Waals surface area contributed by atoms with E-state index in [-0.39, 0.29) is 39.8 Å². The summed E-state index contributed by atoms with van der Waals surface area (Å²) >= 11 is 0. The van der Waals surface area contributed by atoms with E-state index in [1.165, 1.54) is 26.6 Å². The average Bonchev–Trinajstić information content (AvgIpc) is 3.04. The van der Waals surface area contributed by atoms with Gasteiger partial charge in [-0.2, -0.15) is 0 Å². The van der Waals surface area contributed by atoms with E-state index in [1.807, 2.05) is 0 Å². The third-order valence-electron chi connectivity index (χ3n) is 6.34. The number of aromatic hydroxyl groups is 4. The SMILES string of the molecule is COC(=O)C(Cc1ccc(O)cc1)N=Cc1ccccc1O.COC(=O)C(Cc1ccc(O)cc1)N=Cc1ccccc1O.[Co]. The molecule has 4 aromatic carbocycles. The molecule has 1 radical (unpaired) electrons. The van der Waals surface area contributed by atoms with Gasteiger partial charge in [-0.25, -0.2) is 9.59 Å². The first-order valence-electron chi connectivity index (χ1n) is 13.5. The number of benzene rings is 4. The Kier molecular flexibility index (Phi) is 14.8. The predicted molar refractivity (Wildman–Crippen MR) is 167 cm³/mol. The zero-order valence-corrected chi connectivity index (χ0v) is 25.7. The summed E-state index contributed by atoms with van der Waals surface area (Å²) in [5.74, 6) is -0.398. The van der Waals surface area contributed by atoms with E-state index in [0.29, 0.717) is 24.0 Å². The van der Waals surface area contributed by atoms with Crippen LogP contribution in [-0.4, -0.2) is 71.1 Å². The summed E-state index contributed by atoms with van der Waals surface area (Å²) in [6.07, 6.45) is 3.60. The second-order valence-corrected chi connectivity index (χ2v) is 9.49. The van der Waals surface area contributed by atoms with E-state index in [0.717, 1.165) is 11.1 Å². The quantitative estimate of drug-likeness (QED) is 0.142. The normalized spacial score (nSPS) is 12.0. The van der Waals surface area contributed by atoms with Gasteiger partial charge in [-0.3, -0.25) is 9.98 Å². The molecular weight excluding hydrogens is 623 g/mol. The van der Waals surface area contributed by atoms with Crippen LogP contribution in [0.2, 0.25) is 0 Å². The number of nitrogens with zero attached hydrogens (tertiary/aromatic N) is 2. The molecule has 0 fully saturated rings. The summed E-state index contributed by atoms with van der Waals surface area (Å²) in [6, 6.07) is 25.1. The van der Waals surface area contributed by atoms with Crippen molar-refractivity contribution in [3.8, 4) is 23.0 Å². The summed E-state index contributed by atoms with van der Waals surface area (Å²) in [7, 11) is 2.61. The fourth-order valence-electron chi connectivity index (χ4n) is 3.91. The van der Waals surface area contributed by atoms with E-state index < -0.39 is 24.0 Å². The van der Waals surface area contributed by atoms with Gasteiger partial charge in [0.1, 0.15) is 23.0 Å². The van der Waals surface area contributed by atoms with Crippen molar-refractivity contribution in [1.82, 2.24) is 0 Å². The summed E-state index contributed by atoms with van der Waals surface area (Å²) < 4.78 is 9.52. The monoisotopic (exact) mass is 657 g/mol. The summed E-state index contributed by atoms with van der Waals surface area (Å²) in [6.45, 7) is 0. The number of esters is 2. The second-order valence-electron chi connectivity index (χ2n) is 9.49. The van der Waals surface area contributed by atoms with Crippen LogP contribution >= 0.6 is 0 Å². The zero-order chi connectivity index (χ0) is 31.9. The summed E-state index contributed by atoms with van der Waals surface area (Å²) in [5.41, 5.74) is 2.76. The maximum atomic E-state index is 11.8. The first kappa shape index (κ1) is 36.1. The Bertz CT molecular complexity index is 1460. The third kappa shape index (κ3) is 11.8. The molecule has 0 aliphatic heterocycles. The number of carbonyl (C=O) groups is 2. The van der Waals surface area contributed by atoms with Crippen LogP contribution in [0.5, 0.6) is 23.0 Å². The minimum atomic E-state index is -0.714. The molecule has 0 bridgehead atoms.